The summed E-state index contributed by atoms with van der Waals surface area (Å²) < 4.78 is 0. The smallest absolute Gasteiger partial charge is 0.103 e. The van der Waals surface area contributed by atoms with Crippen molar-refractivity contribution in [1.82, 2.24) is 10.2 Å². The molecule has 0 aromatic carbocycles. The molecule has 1 unspecified atom stereocenters. The average molecular weight is 265 g/mol. The molecular weight excluding hydrogens is 234 g/mol. The van der Waals surface area contributed by atoms with E-state index in [0.717, 1.165) is 25.3 Å². The molecule has 0 aliphatic heterocycles. The summed E-state index contributed by atoms with van der Waals surface area (Å²) in [5, 5.41) is 12.5. The van der Waals surface area contributed by atoms with E-state index >= 15 is 0 Å². The van der Waals surface area contributed by atoms with E-state index in [1.165, 1.54) is 45.3 Å². The molecular formula is C16H31N3. The summed E-state index contributed by atoms with van der Waals surface area (Å²) >= 11 is 0. The molecule has 0 aromatic heterocycles. The number of rotatable bonds is 11. The maximum atomic E-state index is 9.21. The normalized spacial score (nSPS) is 18.3. The van der Waals surface area contributed by atoms with Crippen LogP contribution >= 0.6 is 0 Å². The predicted molar refractivity (Wildman–Crippen MR) is 81.0 cm³/mol. The van der Waals surface area contributed by atoms with Crippen molar-refractivity contribution in [1.29, 1.82) is 5.26 Å². The van der Waals surface area contributed by atoms with Crippen molar-refractivity contribution >= 4 is 0 Å². The Morgan fingerprint density at radius 2 is 2.00 bits per heavy atom. The van der Waals surface area contributed by atoms with Gasteiger partial charge in [-0.3, -0.25) is 5.32 Å². The van der Waals surface area contributed by atoms with Gasteiger partial charge in [-0.15, -0.1) is 0 Å². The Kier molecular flexibility index (Phi) is 7.41. The fourth-order valence-electron chi connectivity index (χ4n) is 2.66. The second-order valence-electron chi connectivity index (χ2n) is 6.18. The molecule has 1 N–H and O–H groups in total. The van der Waals surface area contributed by atoms with Gasteiger partial charge in [-0.2, -0.15) is 5.26 Å². The van der Waals surface area contributed by atoms with Crippen molar-refractivity contribution in [2.75, 3.05) is 26.2 Å². The number of hydrogen-bond donors (Lipinski definition) is 1. The number of hydrogen-bond acceptors (Lipinski definition) is 3. The highest BCUT2D eigenvalue weighted by Crippen LogP contribution is 2.29. The topological polar surface area (TPSA) is 39.1 Å². The molecule has 0 spiro atoms. The van der Waals surface area contributed by atoms with Crippen LogP contribution in [0.3, 0.4) is 0 Å². The van der Waals surface area contributed by atoms with Gasteiger partial charge in [-0.1, -0.05) is 13.8 Å². The Morgan fingerprint density at radius 3 is 2.53 bits per heavy atom. The molecule has 1 rings (SSSR count). The van der Waals surface area contributed by atoms with Crippen LogP contribution in [0, 0.1) is 17.2 Å². The summed E-state index contributed by atoms with van der Waals surface area (Å²) in [6, 6.07) is 2.41. The summed E-state index contributed by atoms with van der Waals surface area (Å²) in [6.45, 7) is 11.0. The van der Waals surface area contributed by atoms with E-state index in [0.29, 0.717) is 0 Å². The predicted octanol–water partition coefficient (Wildman–Crippen LogP) is 3.17. The molecule has 1 atom stereocenters. The quantitative estimate of drug-likeness (QED) is 0.583. The highest BCUT2D eigenvalue weighted by atomic mass is 15.1. The maximum Gasteiger partial charge on any atom is 0.103 e. The van der Waals surface area contributed by atoms with E-state index in [2.05, 4.69) is 30.1 Å². The first kappa shape index (κ1) is 16.5. The molecule has 1 fully saturated rings. The Labute approximate surface area is 119 Å². The SMILES string of the molecule is CCCN(CCCCC(C)(C#N)NCC)CC1CC1. The number of nitrogens with one attached hydrogen (secondary N) is 1. The zero-order valence-electron chi connectivity index (χ0n) is 13.0. The van der Waals surface area contributed by atoms with Gasteiger partial charge in [0.1, 0.15) is 5.54 Å². The van der Waals surface area contributed by atoms with Crippen LogP contribution < -0.4 is 5.32 Å². The van der Waals surface area contributed by atoms with E-state index in [4.69, 9.17) is 0 Å². The van der Waals surface area contributed by atoms with Gasteiger partial charge >= 0.3 is 0 Å². The van der Waals surface area contributed by atoms with Crippen LogP contribution in [0.15, 0.2) is 0 Å². The van der Waals surface area contributed by atoms with Crippen LogP contribution in [-0.4, -0.2) is 36.6 Å². The maximum absolute atomic E-state index is 9.21. The molecule has 0 aromatic rings. The number of nitriles is 1. The molecule has 1 aliphatic rings. The molecule has 1 saturated carbocycles. The first-order chi connectivity index (χ1) is 9.13. The number of unbranched alkanes of at least 4 members (excludes halogenated alkanes) is 1. The Morgan fingerprint density at radius 1 is 1.26 bits per heavy atom. The molecule has 0 heterocycles. The van der Waals surface area contributed by atoms with Crippen LogP contribution in [0.4, 0.5) is 0 Å². The summed E-state index contributed by atoms with van der Waals surface area (Å²) in [5.41, 5.74) is -0.333. The van der Waals surface area contributed by atoms with Gasteiger partial charge in [0.15, 0.2) is 0 Å². The highest BCUT2D eigenvalue weighted by molar-refractivity contribution is 5.03. The average Bonchev–Trinajstić information content (AvgIpc) is 3.19. The third kappa shape index (κ3) is 6.94. The van der Waals surface area contributed by atoms with Crippen molar-refractivity contribution in [2.24, 2.45) is 5.92 Å². The van der Waals surface area contributed by atoms with E-state index < -0.39 is 0 Å². The largest absolute Gasteiger partial charge is 0.303 e. The van der Waals surface area contributed by atoms with Gasteiger partial charge in [0.05, 0.1) is 6.07 Å². The van der Waals surface area contributed by atoms with Crippen LogP contribution in [0.1, 0.15) is 59.3 Å². The van der Waals surface area contributed by atoms with Crippen molar-refractivity contribution in [2.45, 2.75) is 64.8 Å². The monoisotopic (exact) mass is 265 g/mol. The summed E-state index contributed by atoms with van der Waals surface area (Å²) in [6.07, 6.45) is 7.44. The van der Waals surface area contributed by atoms with Crippen LogP contribution in [0.2, 0.25) is 0 Å². The minimum atomic E-state index is -0.333. The van der Waals surface area contributed by atoms with E-state index in [9.17, 15) is 5.26 Å². The first-order valence-electron chi connectivity index (χ1n) is 8.02. The van der Waals surface area contributed by atoms with Gasteiger partial charge in [-0.05, 0) is 71.0 Å². The zero-order valence-corrected chi connectivity index (χ0v) is 13.0. The second kappa shape index (κ2) is 8.55. The molecule has 0 amide bonds. The van der Waals surface area contributed by atoms with Crippen LogP contribution in [0.5, 0.6) is 0 Å². The van der Waals surface area contributed by atoms with Gasteiger partial charge in [0.25, 0.3) is 0 Å². The lowest BCUT2D eigenvalue weighted by molar-refractivity contribution is 0.253. The van der Waals surface area contributed by atoms with Crippen LogP contribution in [-0.2, 0) is 0 Å². The fourth-order valence-corrected chi connectivity index (χ4v) is 2.66. The lowest BCUT2D eigenvalue weighted by Crippen LogP contribution is -2.40. The Hall–Kier alpha value is -0.590. The van der Waals surface area contributed by atoms with E-state index in [1.807, 2.05) is 6.92 Å². The van der Waals surface area contributed by atoms with Crippen molar-refractivity contribution in [3.8, 4) is 6.07 Å². The number of nitrogens with zero attached hydrogens (tertiary/aromatic N) is 2. The molecule has 110 valence electrons. The summed E-state index contributed by atoms with van der Waals surface area (Å²) in [7, 11) is 0. The summed E-state index contributed by atoms with van der Waals surface area (Å²) in [5.74, 6) is 0.984. The first-order valence-corrected chi connectivity index (χ1v) is 8.02. The Balaban J connectivity index is 2.17. The molecule has 0 saturated heterocycles. The fraction of sp³-hybridized carbons (Fsp3) is 0.938. The molecule has 0 radical (unpaired) electrons. The minimum absolute atomic E-state index is 0.333. The molecule has 0 bridgehead atoms. The zero-order chi connectivity index (χ0) is 14.1. The molecule has 19 heavy (non-hydrogen) atoms. The standard InChI is InChI=1S/C16H31N3/c1-4-11-19(13-15-8-9-15)12-7-6-10-16(3,14-17)18-5-2/h15,18H,4-13H2,1-3H3. The van der Waals surface area contributed by atoms with Crippen LogP contribution in [0.25, 0.3) is 0 Å². The lowest BCUT2D eigenvalue weighted by atomic mass is 9.96. The van der Waals surface area contributed by atoms with Crippen molar-refractivity contribution in [3.05, 3.63) is 0 Å². The third-order valence-electron chi connectivity index (χ3n) is 3.97. The van der Waals surface area contributed by atoms with E-state index in [1.54, 1.807) is 0 Å². The van der Waals surface area contributed by atoms with Gasteiger partial charge in [-0.25, -0.2) is 0 Å². The highest BCUT2D eigenvalue weighted by Gasteiger charge is 2.24. The van der Waals surface area contributed by atoms with E-state index in [-0.39, 0.29) is 5.54 Å². The lowest BCUT2D eigenvalue weighted by Gasteiger charge is -2.24. The molecule has 3 nitrogen and oxygen atoms in total. The van der Waals surface area contributed by atoms with Crippen molar-refractivity contribution < 1.29 is 0 Å². The van der Waals surface area contributed by atoms with Gasteiger partial charge in [0, 0.05) is 6.54 Å². The van der Waals surface area contributed by atoms with Gasteiger partial charge < -0.3 is 4.90 Å². The van der Waals surface area contributed by atoms with Gasteiger partial charge in [0.2, 0.25) is 0 Å². The van der Waals surface area contributed by atoms with Crippen molar-refractivity contribution in [3.63, 3.8) is 0 Å². The second-order valence-corrected chi connectivity index (χ2v) is 6.18. The molecule has 1 aliphatic carbocycles. The minimum Gasteiger partial charge on any atom is -0.303 e. The molecule has 3 heteroatoms. The third-order valence-corrected chi connectivity index (χ3v) is 3.97. The Bertz CT molecular complexity index is 280. The summed E-state index contributed by atoms with van der Waals surface area (Å²) in [4.78, 5) is 2.62.